The Morgan fingerprint density at radius 3 is 2.70 bits per heavy atom. The Labute approximate surface area is 212 Å². The molecule has 0 aliphatic carbocycles. The van der Waals surface area contributed by atoms with Crippen LogP contribution in [0.15, 0.2) is 102 Å². The van der Waals surface area contributed by atoms with Crippen LogP contribution in [-0.4, -0.2) is 29.0 Å². The second-order valence-corrected chi connectivity index (χ2v) is 8.83. The molecule has 1 atom stereocenters. The van der Waals surface area contributed by atoms with Gasteiger partial charge in [0.05, 0.1) is 42.0 Å². The Hall–Kier alpha value is -4.99. The minimum atomic E-state index is -0.390. The summed E-state index contributed by atoms with van der Waals surface area (Å²) in [5.74, 6) is 1.32. The minimum absolute atomic E-state index is 0.101. The van der Waals surface area contributed by atoms with E-state index in [9.17, 15) is 10.1 Å². The van der Waals surface area contributed by atoms with E-state index in [1.165, 1.54) is 0 Å². The molecule has 0 bridgehead atoms. The number of nitro groups is 1. The molecule has 5 heterocycles. The molecule has 0 fully saturated rings. The fraction of sp³-hybridized carbons (Fsp3) is 0.148. The number of furan rings is 1. The Kier molecular flexibility index (Phi) is 5.61. The molecular formula is C27H23N7O3. The molecule has 0 saturated carbocycles. The van der Waals surface area contributed by atoms with Gasteiger partial charge in [-0.3, -0.25) is 15.1 Å². The highest BCUT2D eigenvalue weighted by molar-refractivity contribution is 5.62. The molecule has 1 aliphatic rings. The number of anilines is 1. The van der Waals surface area contributed by atoms with Crippen molar-refractivity contribution in [3.8, 4) is 16.9 Å². The van der Waals surface area contributed by atoms with Crippen molar-refractivity contribution < 1.29 is 9.34 Å². The van der Waals surface area contributed by atoms with Crippen LogP contribution in [0, 0.1) is 10.1 Å². The molecule has 0 amide bonds. The van der Waals surface area contributed by atoms with Crippen molar-refractivity contribution in [1.82, 2.24) is 24.1 Å². The maximum absolute atomic E-state index is 11.8. The number of nitrogens with zero attached hydrogens (tertiary/aromatic N) is 7. The second kappa shape index (κ2) is 9.23. The molecule has 0 spiro atoms. The Morgan fingerprint density at radius 1 is 1.11 bits per heavy atom. The summed E-state index contributed by atoms with van der Waals surface area (Å²) in [7, 11) is 1.96. The number of imidazole rings is 2. The third-order valence-corrected chi connectivity index (χ3v) is 6.60. The molecule has 4 aromatic heterocycles. The molecular weight excluding hydrogens is 470 g/mol. The molecule has 37 heavy (non-hydrogen) atoms. The first-order chi connectivity index (χ1) is 18.1. The van der Waals surface area contributed by atoms with Crippen LogP contribution in [0.5, 0.6) is 0 Å². The molecule has 6 rings (SSSR count). The van der Waals surface area contributed by atoms with E-state index in [-0.39, 0.29) is 23.1 Å². The zero-order valence-corrected chi connectivity index (χ0v) is 20.0. The third kappa shape index (κ3) is 4.18. The van der Waals surface area contributed by atoms with Gasteiger partial charge in [-0.2, -0.15) is 0 Å². The van der Waals surface area contributed by atoms with Gasteiger partial charge >= 0.3 is 0 Å². The normalized spacial score (nSPS) is 13.8. The van der Waals surface area contributed by atoms with Crippen LogP contribution in [0.4, 0.5) is 5.88 Å². The number of fused-ring (bicyclic) bond motifs is 1. The molecule has 0 radical (unpaired) electrons. The molecule has 0 unspecified atom stereocenters. The van der Waals surface area contributed by atoms with Crippen LogP contribution < -0.4 is 4.90 Å². The Bertz CT molecular complexity index is 1570. The van der Waals surface area contributed by atoms with Gasteiger partial charge in [0.2, 0.25) is 5.88 Å². The van der Waals surface area contributed by atoms with Crippen molar-refractivity contribution >= 4 is 5.88 Å². The van der Waals surface area contributed by atoms with Gasteiger partial charge < -0.3 is 18.5 Å². The van der Waals surface area contributed by atoms with Gasteiger partial charge in [0, 0.05) is 49.0 Å². The number of hydrogen-bond acceptors (Lipinski definition) is 7. The summed E-state index contributed by atoms with van der Waals surface area (Å²) in [6, 6.07) is 15.3. The smallest absolute Gasteiger partial charge is 0.266 e. The van der Waals surface area contributed by atoms with Crippen molar-refractivity contribution in [2.45, 2.75) is 18.9 Å². The molecule has 5 aromatic rings. The lowest BCUT2D eigenvalue weighted by Crippen LogP contribution is -2.31. The zero-order valence-electron chi connectivity index (χ0n) is 20.0. The predicted molar refractivity (Wildman–Crippen MR) is 136 cm³/mol. The number of rotatable bonds is 7. The first kappa shape index (κ1) is 22.5. The SMILES string of the molecule is Cn1c(-c2ccc(-n3ccnc3)cc2)cnc1[C@H](Cc1ccccn1)N1C=C([N+](=O)[O-])Cc2ccoc21. The number of benzene rings is 1. The molecule has 1 aromatic carbocycles. The topological polar surface area (TPSA) is 108 Å². The number of hydrogen-bond donors (Lipinski definition) is 0. The largest absolute Gasteiger partial charge is 0.448 e. The summed E-state index contributed by atoms with van der Waals surface area (Å²) in [6.45, 7) is 0. The van der Waals surface area contributed by atoms with Crippen LogP contribution in [0.3, 0.4) is 0 Å². The van der Waals surface area contributed by atoms with E-state index in [0.29, 0.717) is 12.3 Å². The molecule has 10 heteroatoms. The van der Waals surface area contributed by atoms with E-state index in [1.807, 2.05) is 75.9 Å². The fourth-order valence-corrected chi connectivity index (χ4v) is 4.74. The number of aromatic nitrogens is 5. The fourth-order valence-electron chi connectivity index (χ4n) is 4.74. The second-order valence-electron chi connectivity index (χ2n) is 8.83. The lowest BCUT2D eigenvalue weighted by Gasteiger charge is -2.30. The monoisotopic (exact) mass is 493 g/mol. The van der Waals surface area contributed by atoms with E-state index in [2.05, 4.69) is 9.97 Å². The van der Waals surface area contributed by atoms with Crippen LogP contribution in [0.1, 0.15) is 23.1 Å². The van der Waals surface area contributed by atoms with Crippen molar-refractivity contribution in [1.29, 1.82) is 0 Å². The van der Waals surface area contributed by atoms with Crippen LogP contribution in [0.25, 0.3) is 16.9 Å². The van der Waals surface area contributed by atoms with Crippen LogP contribution >= 0.6 is 0 Å². The highest BCUT2D eigenvalue weighted by atomic mass is 16.6. The first-order valence-electron chi connectivity index (χ1n) is 11.8. The number of pyridine rings is 1. The Balaban J connectivity index is 1.42. The third-order valence-electron chi connectivity index (χ3n) is 6.60. The summed E-state index contributed by atoms with van der Waals surface area (Å²) in [5, 5.41) is 11.8. The lowest BCUT2D eigenvalue weighted by molar-refractivity contribution is -0.427. The molecule has 0 saturated heterocycles. The quantitative estimate of drug-likeness (QED) is 0.238. The maximum Gasteiger partial charge on any atom is 0.266 e. The zero-order chi connectivity index (χ0) is 25.4. The van der Waals surface area contributed by atoms with Gasteiger partial charge in [-0.05, 0) is 35.9 Å². The van der Waals surface area contributed by atoms with Crippen LogP contribution in [-0.2, 0) is 19.9 Å². The highest BCUT2D eigenvalue weighted by Crippen LogP contribution is 2.38. The predicted octanol–water partition coefficient (Wildman–Crippen LogP) is 4.73. The van der Waals surface area contributed by atoms with Crippen molar-refractivity contribution in [2.24, 2.45) is 7.05 Å². The molecule has 0 N–H and O–H groups in total. The lowest BCUT2D eigenvalue weighted by atomic mass is 10.0. The van der Waals surface area contributed by atoms with Crippen molar-refractivity contribution in [3.05, 3.63) is 125 Å². The average molecular weight is 494 g/mol. The van der Waals surface area contributed by atoms with E-state index in [1.54, 1.807) is 37.3 Å². The summed E-state index contributed by atoms with van der Waals surface area (Å²) in [6.07, 6.45) is 12.8. The molecule has 184 valence electrons. The summed E-state index contributed by atoms with van der Waals surface area (Å²) >= 11 is 0. The van der Waals surface area contributed by atoms with Gasteiger partial charge in [-0.15, -0.1) is 0 Å². The summed E-state index contributed by atoms with van der Waals surface area (Å²) in [5.41, 5.74) is 4.65. The first-order valence-corrected chi connectivity index (χ1v) is 11.8. The van der Waals surface area contributed by atoms with E-state index in [0.717, 1.165) is 34.0 Å². The summed E-state index contributed by atoms with van der Waals surface area (Å²) in [4.78, 5) is 26.7. The maximum atomic E-state index is 11.8. The average Bonchev–Trinajstić information content (AvgIpc) is 3.69. The van der Waals surface area contributed by atoms with Crippen molar-refractivity contribution in [2.75, 3.05) is 4.90 Å². The van der Waals surface area contributed by atoms with Crippen LogP contribution in [0.2, 0.25) is 0 Å². The summed E-state index contributed by atoms with van der Waals surface area (Å²) < 4.78 is 9.78. The van der Waals surface area contributed by atoms with Gasteiger partial charge in [0.1, 0.15) is 11.9 Å². The number of allylic oxidation sites excluding steroid dienone is 1. The minimum Gasteiger partial charge on any atom is -0.448 e. The van der Waals surface area contributed by atoms with Gasteiger partial charge in [-0.25, -0.2) is 9.97 Å². The van der Waals surface area contributed by atoms with E-state index in [4.69, 9.17) is 9.40 Å². The molecule has 1 aliphatic heterocycles. The van der Waals surface area contributed by atoms with Gasteiger partial charge in [0.25, 0.3) is 5.70 Å². The highest BCUT2D eigenvalue weighted by Gasteiger charge is 2.34. The van der Waals surface area contributed by atoms with Crippen molar-refractivity contribution in [3.63, 3.8) is 0 Å². The van der Waals surface area contributed by atoms with Gasteiger partial charge in [0.15, 0.2) is 0 Å². The standard InChI is InChI=1S/C27H23N7O3/c1-31-25(19-5-7-22(8-6-19)32-12-11-28-18-32)16-30-26(31)24(15-21-4-2-3-10-29-21)33-17-23(34(35)36)14-20-9-13-37-27(20)33/h2-13,16-18,24H,14-15H2,1H3/t24-/m0/s1. The van der Waals surface area contributed by atoms with Gasteiger partial charge in [-0.1, -0.05) is 18.2 Å². The molecule has 10 nitrogen and oxygen atoms in total. The Morgan fingerprint density at radius 2 is 1.97 bits per heavy atom. The van der Waals surface area contributed by atoms with E-state index < -0.39 is 0 Å². The van der Waals surface area contributed by atoms with E-state index >= 15 is 0 Å².